The van der Waals surface area contributed by atoms with E-state index in [9.17, 15) is 9.90 Å². The van der Waals surface area contributed by atoms with Crippen LogP contribution in [0, 0.1) is 0 Å². The molecule has 0 saturated heterocycles. The molecule has 1 heterocycles. The van der Waals surface area contributed by atoms with Crippen LogP contribution in [-0.2, 0) is 11.3 Å². The Labute approximate surface area is 157 Å². The van der Waals surface area contributed by atoms with Crippen molar-refractivity contribution < 1.29 is 9.90 Å². The van der Waals surface area contributed by atoms with E-state index in [-0.39, 0.29) is 24.0 Å². The summed E-state index contributed by atoms with van der Waals surface area (Å²) in [7, 11) is 0. The van der Waals surface area contributed by atoms with Gasteiger partial charge in [0.15, 0.2) is 0 Å². The highest BCUT2D eigenvalue weighted by atomic mass is 35.5. The van der Waals surface area contributed by atoms with E-state index < -0.39 is 0 Å². The van der Waals surface area contributed by atoms with E-state index in [4.69, 9.17) is 11.6 Å². The first-order valence-electron chi connectivity index (χ1n) is 8.32. The smallest absolute Gasteiger partial charge is 0.221 e. The SMILES string of the molecule is O=C(C[C@H](c1cccc(Cl)c1)c1ccccc1O)NCc1ccncc1. The molecular weight excluding hydrogens is 348 g/mol. The predicted molar refractivity (Wildman–Crippen MR) is 102 cm³/mol. The standard InChI is InChI=1S/C21H19ClN2O2/c22-17-5-3-4-16(12-17)19(18-6-1-2-7-20(18)25)13-21(26)24-14-15-8-10-23-11-9-15/h1-12,19,25H,13-14H2,(H,24,26)/t19-/m1/s1. The number of nitrogens with zero attached hydrogens (tertiary/aromatic N) is 1. The molecule has 4 nitrogen and oxygen atoms in total. The average molecular weight is 367 g/mol. The molecule has 1 aromatic heterocycles. The third-order valence-corrected chi connectivity index (χ3v) is 4.43. The Hall–Kier alpha value is -2.85. The summed E-state index contributed by atoms with van der Waals surface area (Å²) < 4.78 is 0. The number of para-hydroxylation sites is 1. The number of rotatable bonds is 6. The summed E-state index contributed by atoms with van der Waals surface area (Å²) in [5, 5.41) is 13.8. The van der Waals surface area contributed by atoms with Gasteiger partial charge in [-0.3, -0.25) is 9.78 Å². The topological polar surface area (TPSA) is 62.2 Å². The molecule has 0 aliphatic rings. The van der Waals surface area contributed by atoms with E-state index in [2.05, 4.69) is 10.3 Å². The molecule has 2 N–H and O–H groups in total. The van der Waals surface area contributed by atoms with E-state index in [1.807, 2.05) is 42.5 Å². The van der Waals surface area contributed by atoms with Gasteiger partial charge in [-0.15, -0.1) is 0 Å². The number of aromatic nitrogens is 1. The van der Waals surface area contributed by atoms with Gasteiger partial charge in [-0.2, -0.15) is 0 Å². The molecule has 0 bridgehead atoms. The Bertz CT molecular complexity index is 884. The number of benzene rings is 2. The van der Waals surface area contributed by atoms with Crippen molar-refractivity contribution in [3.8, 4) is 5.75 Å². The minimum Gasteiger partial charge on any atom is -0.508 e. The van der Waals surface area contributed by atoms with Crippen molar-refractivity contribution in [2.24, 2.45) is 0 Å². The number of phenolic OH excluding ortho intramolecular Hbond substituents is 1. The van der Waals surface area contributed by atoms with Gasteiger partial charge in [0, 0.05) is 41.9 Å². The molecule has 5 heteroatoms. The lowest BCUT2D eigenvalue weighted by atomic mass is 9.87. The fourth-order valence-electron chi connectivity index (χ4n) is 2.87. The van der Waals surface area contributed by atoms with Crippen molar-refractivity contribution in [2.45, 2.75) is 18.9 Å². The van der Waals surface area contributed by atoms with Crippen molar-refractivity contribution in [1.29, 1.82) is 0 Å². The van der Waals surface area contributed by atoms with E-state index in [0.717, 1.165) is 11.1 Å². The minimum atomic E-state index is -0.285. The molecule has 0 unspecified atom stereocenters. The number of carbonyl (C=O) groups is 1. The normalized spacial score (nSPS) is 11.7. The first-order chi connectivity index (χ1) is 12.6. The highest BCUT2D eigenvalue weighted by Crippen LogP contribution is 2.34. The Morgan fingerprint density at radius 2 is 1.85 bits per heavy atom. The summed E-state index contributed by atoms with van der Waals surface area (Å²) in [5.41, 5.74) is 2.57. The predicted octanol–water partition coefficient (Wildman–Crippen LogP) is 4.28. The van der Waals surface area contributed by atoms with Crippen LogP contribution >= 0.6 is 11.6 Å². The average Bonchev–Trinajstić information content (AvgIpc) is 2.66. The molecule has 1 atom stereocenters. The van der Waals surface area contributed by atoms with Crippen molar-refractivity contribution in [3.63, 3.8) is 0 Å². The second-order valence-corrected chi connectivity index (χ2v) is 6.44. The Kier molecular flexibility index (Phi) is 5.87. The van der Waals surface area contributed by atoms with Gasteiger partial charge in [-0.05, 0) is 41.5 Å². The molecule has 0 saturated carbocycles. The summed E-state index contributed by atoms with van der Waals surface area (Å²) in [6, 6.07) is 18.2. The van der Waals surface area contributed by atoms with Gasteiger partial charge in [0.1, 0.15) is 5.75 Å². The zero-order chi connectivity index (χ0) is 18.4. The van der Waals surface area contributed by atoms with Crippen molar-refractivity contribution in [3.05, 3.63) is 94.8 Å². The number of pyridine rings is 1. The number of nitrogens with one attached hydrogen (secondary N) is 1. The number of amides is 1. The van der Waals surface area contributed by atoms with Gasteiger partial charge in [0.2, 0.25) is 5.91 Å². The van der Waals surface area contributed by atoms with Gasteiger partial charge in [0.05, 0.1) is 0 Å². The molecule has 0 aliphatic heterocycles. The van der Waals surface area contributed by atoms with E-state index in [0.29, 0.717) is 17.1 Å². The number of hydrogen-bond donors (Lipinski definition) is 2. The van der Waals surface area contributed by atoms with Gasteiger partial charge in [-0.25, -0.2) is 0 Å². The Balaban J connectivity index is 1.80. The summed E-state index contributed by atoms with van der Waals surface area (Å²) >= 11 is 6.12. The molecule has 26 heavy (non-hydrogen) atoms. The van der Waals surface area contributed by atoms with Gasteiger partial charge in [0.25, 0.3) is 0 Å². The number of aromatic hydroxyl groups is 1. The molecular formula is C21H19ClN2O2. The molecule has 2 aromatic carbocycles. The summed E-state index contributed by atoms with van der Waals surface area (Å²) in [6.07, 6.45) is 3.60. The number of phenols is 1. The second-order valence-electron chi connectivity index (χ2n) is 6.00. The molecule has 1 amide bonds. The van der Waals surface area contributed by atoms with Gasteiger partial charge in [-0.1, -0.05) is 41.9 Å². The number of hydrogen-bond acceptors (Lipinski definition) is 3. The first kappa shape index (κ1) is 18.0. The second kappa shape index (κ2) is 8.50. The van der Waals surface area contributed by atoms with Crippen molar-refractivity contribution in [1.82, 2.24) is 10.3 Å². The summed E-state index contributed by atoms with van der Waals surface area (Å²) in [5.74, 6) is -0.221. The van der Waals surface area contributed by atoms with Crippen LogP contribution in [0.5, 0.6) is 5.75 Å². The molecule has 0 radical (unpaired) electrons. The molecule has 3 aromatic rings. The minimum absolute atomic E-state index is 0.102. The highest BCUT2D eigenvalue weighted by Gasteiger charge is 2.21. The third-order valence-electron chi connectivity index (χ3n) is 4.19. The quantitative estimate of drug-likeness (QED) is 0.684. The van der Waals surface area contributed by atoms with Gasteiger partial charge >= 0.3 is 0 Å². The van der Waals surface area contributed by atoms with Gasteiger partial charge < -0.3 is 10.4 Å². The Morgan fingerprint density at radius 3 is 2.58 bits per heavy atom. The van der Waals surface area contributed by atoms with Crippen LogP contribution in [-0.4, -0.2) is 16.0 Å². The van der Waals surface area contributed by atoms with Crippen LogP contribution in [0.4, 0.5) is 0 Å². The molecule has 0 fully saturated rings. The van der Waals surface area contributed by atoms with E-state index >= 15 is 0 Å². The molecule has 132 valence electrons. The monoisotopic (exact) mass is 366 g/mol. The lowest BCUT2D eigenvalue weighted by Crippen LogP contribution is -2.25. The van der Waals surface area contributed by atoms with E-state index in [1.165, 1.54) is 0 Å². The van der Waals surface area contributed by atoms with Crippen LogP contribution in [0.25, 0.3) is 0 Å². The van der Waals surface area contributed by atoms with Crippen molar-refractivity contribution >= 4 is 17.5 Å². The lowest BCUT2D eigenvalue weighted by molar-refractivity contribution is -0.121. The van der Waals surface area contributed by atoms with E-state index in [1.54, 1.807) is 30.6 Å². The first-order valence-corrected chi connectivity index (χ1v) is 8.70. The highest BCUT2D eigenvalue weighted by molar-refractivity contribution is 6.30. The van der Waals surface area contributed by atoms with Crippen molar-refractivity contribution in [2.75, 3.05) is 0 Å². The summed E-state index contributed by atoms with van der Waals surface area (Å²) in [6.45, 7) is 0.435. The van der Waals surface area contributed by atoms with Crippen LogP contribution < -0.4 is 5.32 Å². The Morgan fingerprint density at radius 1 is 1.08 bits per heavy atom. The van der Waals surface area contributed by atoms with Crippen LogP contribution in [0.2, 0.25) is 5.02 Å². The molecule has 3 rings (SSSR count). The maximum absolute atomic E-state index is 12.5. The fourth-order valence-corrected chi connectivity index (χ4v) is 3.07. The van der Waals surface area contributed by atoms with Crippen LogP contribution in [0.15, 0.2) is 73.1 Å². The zero-order valence-electron chi connectivity index (χ0n) is 14.1. The molecule has 0 aliphatic carbocycles. The largest absolute Gasteiger partial charge is 0.508 e. The third kappa shape index (κ3) is 4.61. The number of halogens is 1. The fraction of sp³-hybridized carbons (Fsp3) is 0.143. The summed E-state index contributed by atoms with van der Waals surface area (Å²) in [4.78, 5) is 16.5. The zero-order valence-corrected chi connectivity index (χ0v) is 14.9. The maximum atomic E-state index is 12.5. The number of carbonyl (C=O) groups excluding carboxylic acids is 1. The lowest BCUT2D eigenvalue weighted by Gasteiger charge is -2.19. The van der Waals surface area contributed by atoms with Crippen LogP contribution in [0.3, 0.4) is 0 Å². The molecule has 0 spiro atoms. The van der Waals surface area contributed by atoms with Crippen LogP contribution in [0.1, 0.15) is 29.0 Å². The maximum Gasteiger partial charge on any atom is 0.221 e.